The van der Waals surface area contributed by atoms with Gasteiger partial charge in [-0.25, -0.2) is 4.39 Å². The smallest absolute Gasteiger partial charge is 0.127 e. The number of halogens is 1. The number of aliphatic hydroxyl groups is 1. The summed E-state index contributed by atoms with van der Waals surface area (Å²) in [5.74, 6) is 0.819. The number of hydrogen-bond acceptors (Lipinski definition) is 2. The quantitative estimate of drug-likeness (QED) is 0.828. The molecule has 0 heterocycles. The monoisotopic (exact) mass is 244 g/mol. The highest BCUT2D eigenvalue weighted by Gasteiger charge is 2.04. The van der Waals surface area contributed by atoms with E-state index >= 15 is 0 Å². The van der Waals surface area contributed by atoms with E-state index < -0.39 is 6.10 Å². The van der Waals surface area contributed by atoms with Gasteiger partial charge in [-0.2, -0.15) is 0 Å². The van der Waals surface area contributed by atoms with Crippen molar-refractivity contribution in [2.75, 3.05) is 0 Å². The number of aliphatic hydroxyl groups excluding tert-OH is 1. The van der Waals surface area contributed by atoms with Crippen molar-refractivity contribution < 1.29 is 14.2 Å². The van der Waals surface area contributed by atoms with Crippen molar-refractivity contribution >= 4 is 0 Å². The lowest BCUT2D eigenvalue weighted by Gasteiger charge is -2.09. The van der Waals surface area contributed by atoms with Crippen molar-refractivity contribution in [1.82, 2.24) is 0 Å². The van der Waals surface area contributed by atoms with Crippen molar-refractivity contribution in [1.29, 1.82) is 0 Å². The van der Waals surface area contributed by atoms with Crippen LogP contribution in [0.5, 0.6) is 11.5 Å². The Morgan fingerprint density at radius 1 is 1.11 bits per heavy atom. The molecule has 2 rings (SSSR count). The molecule has 2 aromatic rings. The largest absolute Gasteiger partial charge is 0.457 e. The molecule has 3 heteroatoms. The Balaban J connectivity index is 2.19. The van der Waals surface area contributed by atoms with Crippen LogP contribution in [0.3, 0.4) is 0 Å². The maximum Gasteiger partial charge on any atom is 0.127 e. The van der Waals surface area contributed by atoms with E-state index in [0.717, 1.165) is 0 Å². The van der Waals surface area contributed by atoms with Crippen LogP contribution in [0.25, 0.3) is 0 Å². The van der Waals surface area contributed by atoms with Gasteiger partial charge in [0, 0.05) is 0 Å². The topological polar surface area (TPSA) is 29.5 Å². The van der Waals surface area contributed by atoms with E-state index in [4.69, 9.17) is 4.74 Å². The average Bonchev–Trinajstić information content (AvgIpc) is 2.41. The fourth-order valence-electron chi connectivity index (χ4n) is 1.54. The minimum Gasteiger partial charge on any atom is -0.457 e. The SMILES string of the molecule is C=CC(O)c1cccc(Oc2ccc(F)cc2)c1. The van der Waals surface area contributed by atoms with Crippen molar-refractivity contribution in [3.8, 4) is 11.5 Å². The molecule has 1 N–H and O–H groups in total. The first kappa shape index (κ1) is 12.3. The van der Waals surface area contributed by atoms with Crippen LogP contribution in [0.4, 0.5) is 4.39 Å². The van der Waals surface area contributed by atoms with E-state index in [9.17, 15) is 9.50 Å². The summed E-state index contributed by atoms with van der Waals surface area (Å²) in [6.45, 7) is 3.53. The van der Waals surface area contributed by atoms with Crippen LogP contribution in [-0.2, 0) is 0 Å². The molecule has 0 saturated heterocycles. The van der Waals surface area contributed by atoms with Gasteiger partial charge in [0.15, 0.2) is 0 Å². The Morgan fingerprint density at radius 2 is 1.83 bits per heavy atom. The van der Waals surface area contributed by atoms with Gasteiger partial charge in [-0.3, -0.25) is 0 Å². The molecule has 2 aromatic carbocycles. The van der Waals surface area contributed by atoms with Crippen LogP contribution in [-0.4, -0.2) is 5.11 Å². The van der Waals surface area contributed by atoms with Gasteiger partial charge in [-0.1, -0.05) is 18.2 Å². The van der Waals surface area contributed by atoms with E-state index in [1.165, 1.54) is 18.2 Å². The first-order valence-corrected chi connectivity index (χ1v) is 5.53. The first-order chi connectivity index (χ1) is 8.69. The van der Waals surface area contributed by atoms with E-state index in [-0.39, 0.29) is 5.82 Å². The van der Waals surface area contributed by atoms with Gasteiger partial charge in [0.2, 0.25) is 0 Å². The third kappa shape index (κ3) is 2.96. The zero-order valence-electron chi connectivity index (χ0n) is 9.71. The summed E-state index contributed by atoms with van der Waals surface area (Å²) < 4.78 is 18.3. The molecule has 1 unspecified atom stereocenters. The molecule has 0 saturated carbocycles. The van der Waals surface area contributed by atoms with Crippen molar-refractivity contribution in [2.24, 2.45) is 0 Å². The van der Waals surface area contributed by atoms with E-state index in [1.54, 1.807) is 36.4 Å². The molecular formula is C15H13FO2. The number of benzene rings is 2. The molecule has 0 aliphatic carbocycles. The summed E-state index contributed by atoms with van der Waals surface area (Å²) in [6.07, 6.45) is 0.721. The van der Waals surface area contributed by atoms with Gasteiger partial charge < -0.3 is 9.84 Å². The second-order valence-electron chi connectivity index (χ2n) is 3.81. The Morgan fingerprint density at radius 3 is 2.50 bits per heavy atom. The van der Waals surface area contributed by atoms with Crippen molar-refractivity contribution in [2.45, 2.75) is 6.10 Å². The standard InChI is InChI=1S/C15H13FO2/c1-2-15(17)11-4-3-5-14(10-11)18-13-8-6-12(16)7-9-13/h2-10,15,17H,1H2. The highest BCUT2D eigenvalue weighted by atomic mass is 19.1. The Labute approximate surface area is 105 Å². The van der Waals surface area contributed by atoms with Crippen LogP contribution < -0.4 is 4.74 Å². The summed E-state index contributed by atoms with van der Waals surface area (Å²) in [6, 6.07) is 12.8. The van der Waals surface area contributed by atoms with Gasteiger partial charge in [0.1, 0.15) is 17.3 Å². The highest BCUT2D eigenvalue weighted by Crippen LogP contribution is 2.25. The maximum absolute atomic E-state index is 12.7. The number of hydrogen-bond donors (Lipinski definition) is 1. The summed E-state index contributed by atoms with van der Waals surface area (Å²) in [4.78, 5) is 0. The second-order valence-corrected chi connectivity index (χ2v) is 3.81. The fraction of sp³-hybridized carbons (Fsp3) is 0.0667. The predicted molar refractivity (Wildman–Crippen MR) is 68.1 cm³/mol. The predicted octanol–water partition coefficient (Wildman–Crippen LogP) is 3.84. The molecule has 0 spiro atoms. The molecule has 0 amide bonds. The molecule has 0 aromatic heterocycles. The highest BCUT2D eigenvalue weighted by molar-refractivity contribution is 5.35. The third-order valence-corrected chi connectivity index (χ3v) is 2.47. The molecule has 0 aliphatic rings. The molecule has 18 heavy (non-hydrogen) atoms. The molecule has 2 nitrogen and oxygen atoms in total. The van der Waals surface area contributed by atoms with Crippen LogP contribution in [0.2, 0.25) is 0 Å². The summed E-state index contributed by atoms with van der Waals surface area (Å²) in [5.41, 5.74) is 0.699. The van der Waals surface area contributed by atoms with Gasteiger partial charge in [0.25, 0.3) is 0 Å². The maximum atomic E-state index is 12.7. The molecular weight excluding hydrogens is 231 g/mol. The lowest BCUT2D eigenvalue weighted by atomic mass is 10.1. The molecule has 92 valence electrons. The van der Waals surface area contributed by atoms with Crippen molar-refractivity contribution in [3.63, 3.8) is 0 Å². The summed E-state index contributed by atoms with van der Waals surface area (Å²) in [5, 5.41) is 9.63. The third-order valence-electron chi connectivity index (χ3n) is 2.47. The van der Waals surface area contributed by atoms with Gasteiger partial charge in [0.05, 0.1) is 6.10 Å². The average molecular weight is 244 g/mol. The zero-order chi connectivity index (χ0) is 13.0. The van der Waals surface area contributed by atoms with E-state index in [0.29, 0.717) is 17.1 Å². The van der Waals surface area contributed by atoms with Crippen LogP contribution >= 0.6 is 0 Å². The molecule has 0 bridgehead atoms. The van der Waals surface area contributed by atoms with Crippen LogP contribution in [0, 0.1) is 5.82 Å². The van der Waals surface area contributed by atoms with E-state index in [1.807, 2.05) is 0 Å². The van der Waals surface area contributed by atoms with Gasteiger partial charge in [-0.15, -0.1) is 6.58 Å². The second kappa shape index (κ2) is 5.47. The molecule has 0 fully saturated rings. The minimum atomic E-state index is -0.721. The molecule has 1 atom stereocenters. The summed E-state index contributed by atoms with van der Waals surface area (Å²) >= 11 is 0. The van der Waals surface area contributed by atoms with Gasteiger partial charge in [-0.05, 0) is 42.0 Å². The Kier molecular flexibility index (Phi) is 3.75. The van der Waals surface area contributed by atoms with E-state index in [2.05, 4.69) is 6.58 Å². The molecule has 0 aliphatic heterocycles. The lowest BCUT2D eigenvalue weighted by molar-refractivity contribution is 0.228. The Bertz CT molecular complexity index is 534. The lowest BCUT2D eigenvalue weighted by Crippen LogP contribution is -1.93. The zero-order valence-corrected chi connectivity index (χ0v) is 9.71. The molecule has 0 radical (unpaired) electrons. The summed E-state index contributed by atoms with van der Waals surface area (Å²) in [7, 11) is 0. The normalized spacial score (nSPS) is 11.9. The fourth-order valence-corrected chi connectivity index (χ4v) is 1.54. The number of ether oxygens (including phenoxy) is 1. The van der Waals surface area contributed by atoms with Gasteiger partial charge >= 0.3 is 0 Å². The first-order valence-electron chi connectivity index (χ1n) is 5.53. The van der Waals surface area contributed by atoms with Crippen LogP contribution in [0.1, 0.15) is 11.7 Å². The number of rotatable bonds is 4. The van der Waals surface area contributed by atoms with Crippen LogP contribution in [0.15, 0.2) is 61.2 Å². The Hall–Kier alpha value is -2.13. The minimum absolute atomic E-state index is 0.307. The van der Waals surface area contributed by atoms with Crippen molar-refractivity contribution in [3.05, 3.63) is 72.6 Å².